The zero-order valence-corrected chi connectivity index (χ0v) is 28.7. The Morgan fingerprint density at radius 1 is 0.851 bits per heavy atom. The van der Waals surface area contributed by atoms with Crippen molar-refractivity contribution in [2.45, 2.75) is 57.3 Å². The molecule has 0 spiro atoms. The summed E-state index contributed by atoms with van der Waals surface area (Å²) in [6.45, 7) is 7.24. The number of benzene rings is 3. The predicted octanol–water partition coefficient (Wildman–Crippen LogP) is 5.57. The maximum absolute atomic E-state index is 13.9. The molecule has 0 aliphatic carbocycles. The van der Waals surface area contributed by atoms with Crippen LogP contribution in [0.3, 0.4) is 0 Å². The first-order chi connectivity index (χ1) is 22.6. The molecule has 1 unspecified atom stereocenters. The smallest absolute Gasteiger partial charge is 0.254 e. The van der Waals surface area contributed by atoms with Crippen LogP contribution in [0.4, 0.5) is 0 Å². The normalized spacial score (nSPS) is 21.7. The van der Waals surface area contributed by atoms with Crippen LogP contribution in [0.5, 0.6) is 0 Å². The molecule has 3 aromatic carbocycles. The lowest BCUT2D eigenvalue weighted by molar-refractivity contribution is -0.144. The van der Waals surface area contributed by atoms with Gasteiger partial charge >= 0.3 is 0 Å². The van der Waals surface area contributed by atoms with Gasteiger partial charge in [0.1, 0.15) is 6.10 Å². The zero-order chi connectivity index (χ0) is 33.2. The van der Waals surface area contributed by atoms with Crippen LogP contribution in [-0.4, -0.2) is 102 Å². The van der Waals surface area contributed by atoms with Gasteiger partial charge in [0.05, 0.1) is 16.1 Å². The molecule has 3 aliphatic heterocycles. The summed E-state index contributed by atoms with van der Waals surface area (Å²) in [5, 5.41) is 0.863. The monoisotopic (exact) mass is 676 g/mol. The molecule has 3 aliphatic rings. The fourth-order valence-corrected chi connectivity index (χ4v) is 7.82. The van der Waals surface area contributed by atoms with Crippen molar-refractivity contribution < 1.29 is 19.1 Å². The van der Waals surface area contributed by atoms with E-state index in [1.807, 2.05) is 77.1 Å². The van der Waals surface area contributed by atoms with E-state index in [0.717, 1.165) is 35.2 Å². The van der Waals surface area contributed by atoms with Crippen LogP contribution in [0.2, 0.25) is 10.0 Å². The number of nitrogens with zero attached hydrogens (tertiary/aromatic N) is 4. The van der Waals surface area contributed by atoms with Crippen LogP contribution >= 0.6 is 23.2 Å². The van der Waals surface area contributed by atoms with Gasteiger partial charge in [-0.1, -0.05) is 76.8 Å². The van der Waals surface area contributed by atoms with Crippen LogP contribution in [0.1, 0.15) is 51.5 Å². The highest BCUT2D eigenvalue weighted by atomic mass is 35.5. The first kappa shape index (κ1) is 33.5. The van der Waals surface area contributed by atoms with E-state index < -0.39 is 6.10 Å². The van der Waals surface area contributed by atoms with E-state index in [2.05, 4.69) is 11.0 Å². The number of piperazine rings is 2. The molecule has 0 saturated carbocycles. The summed E-state index contributed by atoms with van der Waals surface area (Å²) in [5.41, 5.74) is 4.66. The Kier molecular flexibility index (Phi) is 10.2. The number of aryl methyl sites for hydroxylation is 2. The Morgan fingerprint density at radius 2 is 1.60 bits per heavy atom. The summed E-state index contributed by atoms with van der Waals surface area (Å²) in [7, 11) is 1.60. The third-order valence-electron chi connectivity index (χ3n) is 9.86. The van der Waals surface area contributed by atoms with Gasteiger partial charge < -0.3 is 19.4 Å². The molecule has 3 fully saturated rings. The number of fused-ring (bicyclic) bond motifs is 2. The third-order valence-corrected chi connectivity index (χ3v) is 10.6. The maximum atomic E-state index is 13.9. The van der Waals surface area contributed by atoms with Crippen molar-refractivity contribution in [3.8, 4) is 0 Å². The van der Waals surface area contributed by atoms with E-state index in [9.17, 15) is 14.4 Å². The van der Waals surface area contributed by atoms with Crippen LogP contribution in [0, 0.1) is 13.8 Å². The van der Waals surface area contributed by atoms with E-state index >= 15 is 0 Å². The summed E-state index contributed by atoms with van der Waals surface area (Å²) < 4.78 is 5.63. The highest BCUT2D eigenvalue weighted by Gasteiger charge is 2.46. The Labute approximate surface area is 287 Å². The summed E-state index contributed by atoms with van der Waals surface area (Å²) in [5.74, 6) is 0.0375. The number of hydrogen-bond donors (Lipinski definition) is 0. The zero-order valence-electron chi connectivity index (χ0n) is 27.2. The minimum Gasteiger partial charge on any atom is -0.371 e. The molecule has 3 heterocycles. The number of methoxy groups -OCH3 is 1. The maximum Gasteiger partial charge on any atom is 0.254 e. The number of ether oxygens (including phenoxy) is 1. The number of likely N-dealkylation sites (tertiary alicyclic amines) is 2. The molecule has 0 radical (unpaired) electrons. The first-order valence-electron chi connectivity index (χ1n) is 16.3. The molecular weight excluding hydrogens is 635 g/mol. The number of rotatable bonds is 9. The summed E-state index contributed by atoms with van der Waals surface area (Å²) in [6.07, 6.45) is 1.30. The summed E-state index contributed by atoms with van der Waals surface area (Å²) in [6, 6.07) is 21.3. The van der Waals surface area contributed by atoms with Crippen molar-refractivity contribution in [1.82, 2.24) is 19.6 Å². The highest BCUT2D eigenvalue weighted by Crippen LogP contribution is 2.34. The van der Waals surface area contributed by atoms with E-state index in [-0.39, 0.29) is 35.8 Å². The largest absolute Gasteiger partial charge is 0.371 e. The molecule has 0 N–H and O–H groups in total. The Hall–Kier alpha value is -3.43. The van der Waals surface area contributed by atoms with Gasteiger partial charge in [-0.25, -0.2) is 0 Å². The van der Waals surface area contributed by atoms with Gasteiger partial charge in [-0.15, -0.1) is 0 Å². The molecule has 3 aromatic rings. The average Bonchev–Trinajstić information content (AvgIpc) is 3.68. The Morgan fingerprint density at radius 3 is 2.26 bits per heavy atom. The lowest BCUT2D eigenvalue weighted by atomic mass is 10.00. The molecular formula is C37H42Cl2N4O4. The molecule has 0 aromatic heterocycles. The van der Waals surface area contributed by atoms with E-state index in [1.165, 1.54) is 0 Å². The lowest BCUT2D eigenvalue weighted by Gasteiger charge is -2.42. The molecule has 3 amide bonds. The van der Waals surface area contributed by atoms with Gasteiger partial charge in [-0.05, 0) is 55.7 Å². The molecule has 10 heteroatoms. The fourth-order valence-electron chi connectivity index (χ4n) is 7.51. The Balaban J connectivity index is 1.09. The second-order valence-corrected chi connectivity index (χ2v) is 13.9. The van der Waals surface area contributed by atoms with Crippen molar-refractivity contribution in [2.24, 2.45) is 0 Å². The quantitative estimate of drug-likeness (QED) is 0.296. The van der Waals surface area contributed by atoms with Gasteiger partial charge in [-0.2, -0.15) is 0 Å². The first-order valence-corrected chi connectivity index (χ1v) is 17.1. The molecule has 2 bridgehead atoms. The number of carbonyl (C=O) groups excluding carboxylic acids is 3. The fraction of sp³-hybridized carbons (Fsp3) is 0.432. The summed E-state index contributed by atoms with van der Waals surface area (Å²) in [4.78, 5) is 49.0. The number of hydrogen-bond acceptors (Lipinski definition) is 5. The molecule has 3 saturated heterocycles. The highest BCUT2D eigenvalue weighted by molar-refractivity contribution is 6.42. The molecule has 47 heavy (non-hydrogen) atoms. The van der Waals surface area contributed by atoms with Crippen LogP contribution in [0.15, 0.2) is 66.7 Å². The number of halogens is 2. The SMILES string of the molecule is COC(Cc1ccccc1)C(=O)N1C[C@@H]2C[C@@H]1CN2CCC(=O)N1CCN(C(=O)c2cc(C)cc(C)c2)C[C@H]1c1ccc(Cl)c(Cl)c1. The predicted molar refractivity (Wildman–Crippen MR) is 184 cm³/mol. The topological polar surface area (TPSA) is 73.4 Å². The van der Waals surface area contributed by atoms with E-state index in [4.69, 9.17) is 27.9 Å². The van der Waals surface area contributed by atoms with Gasteiger partial charge in [0.2, 0.25) is 5.91 Å². The van der Waals surface area contributed by atoms with Crippen molar-refractivity contribution in [1.29, 1.82) is 0 Å². The minimum absolute atomic E-state index is 0.0392. The van der Waals surface area contributed by atoms with Crippen molar-refractivity contribution in [3.63, 3.8) is 0 Å². The second-order valence-electron chi connectivity index (χ2n) is 13.1. The third kappa shape index (κ3) is 7.36. The van der Waals surface area contributed by atoms with Crippen molar-refractivity contribution in [3.05, 3.63) is 105 Å². The standard InChI is InChI=1S/C37H42Cl2N4O4/c1-24-15-25(2)17-28(16-24)36(45)41-13-14-42(33(23-41)27-9-10-31(38)32(39)19-27)35(44)11-12-40-21-30-20-29(40)22-43(30)37(46)34(47-3)18-26-7-5-4-6-8-26/h4-10,15-17,19,29-30,33-34H,11-14,18,20-23H2,1-3H3/t29-,30+,33-,34?/m0/s1. The van der Waals surface area contributed by atoms with Gasteiger partial charge in [0.15, 0.2) is 0 Å². The average molecular weight is 678 g/mol. The van der Waals surface area contributed by atoms with Crippen LogP contribution < -0.4 is 0 Å². The number of carbonyl (C=O) groups is 3. The second kappa shape index (κ2) is 14.4. The van der Waals surface area contributed by atoms with Crippen molar-refractivity contribution >= 4 is 40.9 Å². The van der Waals surface area contributed by atoms with E-state index in [0.29, 0.717) is 61.2 Å². The van der Waals surface area contributed by atoms with Crippen LogP contribution in [-0.2, 0) is 20.7 Å². The van der Waals surface area contributed by atoms with E-state index in [1.54, 1.807) is 19.2 Å². The molecule has 248 valence electrons. The Bertz CT molecular complexity index is 1620. The molecule has 8 nitrogen and oxygen atoms in total. The van der Waals surface area contributed by atoms with Crippen LogP contribution in [0.25, 0.3) is 0 Å². The van der Waals surface area contributed by atoms with Gasteiger partial charge in [-0.3, -0.25) is 19.3 Å². The molecule has 4 atom stereocenters. The van der Waals surface area contributed by atoms with Gasteiger partial charge in [0.25, 0.3) is 11.8 Å². The minimum atomic E-state index is -0.509. The lowest BCUT2D eigenvalue weighted by Crippen LogP contribution is -2.54. The van der Waals surface area contributed by atoms with Crippen molar-refractivity contribution in [2.75, 3.05) is 46.4 Å². The van der Waals surface area contributed by atoms with Gasteiger partial charge in [0, 0.05) is 76.9 Å². The number of amides is 3. The molecule has 6 rings (SSSR count). The summed E-state index contributed by atoms with van der Waals surface area (Å²) >= 11 is 12.7.